The monoisotopic (exact) mass is 271 g/mol. The highest BCUT2D eigenvalue weighted by molar-refractivity contribution is 5.82. The van der Waals surface area contributed by atoms with E-state index in [0.29, 0.717) is 13.2 Å². The summed E-state index contributed by atoms with van der Waals surface area (Å²) in [5, 5.41) is 11.8. The molecule has 0 aliphatic heterocycles. The lowest BCUT2D eigenvalue weighted by molar-refractivity contribution is 0.210. The van der Waals surface area contributed by atoms with Crippen LogP contribution in [-0.2, 0) is 11.2 Å². The molecule has 2 aromatic heterocycles. The van der Waals surface area contributed by atoms with Gasteiger partial charge in [0.15, 0.2) is 5.82 Å². The molecule has 6 nitrogen and oxygen atoms in total. The number of aromatic nitrogens is 4. The Balaban J connectivity index is 2.20. The number of hydrogen-bond acceptors (Lipinski definition) is 5. The van der Waals surface area contributed by atoms with E-state index in [-0.39, 0.29) is 0 Å². The largest absolute Gasteiger partial charge is 0.383 e. The quantitative estimate of drug-likeness (QED) is 0.718. The van der Waals surface area contributed by atoms with Gasteiger partial charge in [0, 0.05) is 20.1 Å². The number of fused-ring (bicyclic) bond motifs is 3. The van der Waals surface area contributed by atoms with Gasteiger partial charge in [0.25, 0.3) is 0 Å². The van der Waals surface area contributed by atoms with E-state index in [2.05, 4.69) is 31.8 Å². The van der Waals surface area contributed by atoms with Crippen LogP contribution in [0, 0.1) is 0 Å². The van der Waals surface area contributed by atoms with Gasteiger partial charge in [0.2, 0.25) is 5.65 Å². The van der Waals surface area contributed by atoms with Crippen molar-refractivity contribution in [2.45, 2.75) is 13.3 Å². The van der Waals surface area contributed by atoms with Crippen LogP contribution in [0.3, 0.4) is 0 Å². The van der Waals surface area contributed by atoms with Gasteiger partial charge in [-0.1, -0.05) is 19.1 Å². The summed E-state index contributed by atoms with van der Waals surface area (Å²) in [6.45, 7) is 3.38. The first-order chi connectivity index (χ1) is 9.85. The van der Waals surface area contributed by atoms with Gasteiger partial charge in [-0.05, 0) is 12.1 Å². The minimum absolute atomic E-state index is 0.620. The number of ether oxygens (including phenoxy) is 1. The first-order valence-electron chi connectivity index (χ1n) is 6.70. The van der Waals surface area contributed by atoms with E-state index < -0.39 is 0 Å². The molecule has 104 valence electrons. The summed E-state index contributed by atoms with van der Waals surface area (Å²) in [7, 11) is 1.68. The first kappa shape index (κ1) is 12.8. The van der Waals surface area contributed by atoms with Gasteiger partial charge in [0.1, 0.15) is 5.82 Å². The summed E-state index contributed by atoms with van der Waals surface area (Å²) >= 11 is 0. The van der Waals surface area contributed by atoms with E-state index in [1.165, 1.54) is 0 Å². The second-order valence-electron chi connectivity index (χ2n) is 4.50. The van der Waals surface area contributed by atoms with E-state index in [9.17, 15) is 0 Å². The molecule has 0 unspecified atom stereocenters. The van der Waals surface area contributed by atoms with Crippen molar-refractivity contribution in [1.29, 1.82) is 0 Å². The summed E-state index contributed by atoms with van der Waals surface area (Å²) < 4.78 is 7.12. The maximum Gasteiger partial charge on any atom is 0.204 e. The number of nitrogens with one attached hydrogen (secondary N) is 1. The molecule has 0 atom stereocenters. The smallest absolute Gasteiger partial charge is 0.204 e. The molecular formula is C14H17N5O. The van der Waals surface area contributed by atoms with Crippen LogP contribution >= 0.6 is 0 Å². The highest BCUT2D eigenvalue weighted by atomic mass is 16.5. The van der Waals surface area contributed by atoms with Crippen molar-refractivity contribution in [2.75, 3.05) is 25.6 Å². The van der Waals surface area contributed by atoms with Crippen LogP contribution in [0.25, 0.3) is 16.7 Å². The first-order valence-corrected chi connectivity index (χ1v) is 6.70. The number of rotatable bonds is 5. The van der Waals surface area contributed by atoms with Crippen molar-refractivity contribution in [2.24, 2.45) is 0 Å². The molecule has 3 rings (SSSR count). The zero-order valence-electron chi connectivity index (χ0n) is 11.6. The molecule has 0 aliphatic carbocycles. The molecule has 0 saturated heterocycles. The number of methoxy groups -OCH3 is 1. The Kier molecular flexibility index (Phi) is 3.47. The van der Waals surface area contributed by atoms with Crippen molar-refractivity contribution < 1.29 is 4.74 Å². The Labute approximate surface area is 116 Å². The molecule has 6 heteroatoms. The maximum atomic E-state index is 5.06. The maximum absolute atomic E-state index is 5.06. The molecule has 0 spiro atoms. The van der Waals surface area contributed by atoms with Gasteiger partial charge < -0.3 is 10.1 Å². The van der Waals surface area contributed by atoms with Gasteiger partial charge in [-0.3, -0.25) is 4.40 Å². The summed E-state index contributed by atoms with van der Waals surface area (Å²) in [5.41, 5.74) is 2.72. The predicted molar refractivity (Wildman–Crippen MR) is 78.0 cm³/mol. The second-order valence-corrected chi connectivity index (χ2v) is 4.50. The number of anilines is 1. The van der Waals surface area contributed by atoms with Crippen molar-refractivity contribution in [3.63, 3.8) is 0 Å². The van der Waals surface area contributed by atoms with Crippen LogP contribution in [0.4, 0.5) is 5.82 Å². The zero-order chi connectivity index (χ0) is 13.9. The van der Waals surface area contributed by atoms with Crippen molar-refractivity contribution in [3.05, 3.63) is 30.1 Å². The molecule has 0 bridgehead atoms. The molecule has 1 aromatic carbocycles. The van der Waals surface area contributed by atoms with Crippen LogP contribution in [0.5, 0.6) is 0 Å². The Morgan fingerprint density at radius 2 is 2.10 bits per heavy atom. The fraction of sp³-hybridized carbons (Fsp3) is 0.357. The molecule has 3 aromatic rings. The molecule has 0 fully saturated rings. The normalized spacial score (nSPS) is 11.3. The average Bonchev–Trinajstić information content (AvgIpc) is 2.92. The number of para-hydroxylation sites is 2. The molecule has 0 saturated carbocycles. The Morgan fingerprint density at radius 1 is 1.25 bits per heavy atom. The Hall–Kier alpha value is -2.21. The van der Waals surface area contributed by atoms with Crippen LogP contribution in [0.15, 0.2) is 24.3 Å². The molecule has 1 N–H and O–H groups in total. The lowest BCUT2D eigenvalue weighted by Gasteiger charge is -2.09. The minimum atomic E-state index is 0.620. The predicted octanol–water partition coefficient (Wildman–Crippen LogP) is 1.90. The van der Waals surface area contributed by atoms with E-state index in [4.69, 9.17) is 4.74 Å². The standard InChI is InChI=1S/C14H17N5O/c1-3-12-17-18-14-13(15-8-9-20-2)16-10-6-4-5-7-11(10)19(12)14/h4-7H,3,8-9H2,1-2H3,(H,15,16). The highest BCUT2D eigenvalue weighted by Crippen LogP contribution is 2.21. The second kappa shape index (κ2) is 5.42. The summed E-state index contributed by atoms with van der Waals surface area (Å²) in [6.07, 6.45) is 0.826. The third-order valence-electron chi connectivity index (χ3n) is 3.21. The van der Waals surface area contributed by atoms with Crippen molar-refractivity contribution in [3.8, 4) is 0 Å². The highest BCUT2D eigenvalue weighted by Gasteiger charge is 2.13. The van der Waals surface area contributed by atoms with E-state index in [0.717, 1.165) is 34.7 Å². The topological polar surface area (TPSA) is 64.3 Å². The number of hydrogen-bond donors (Lipinski definition) is 1. The fourth-order valence-corrected chi connectivity index (χ4v) is 2.26. The third-order valence-corrected chi connectivity index (χ3v) is 3.21. The minimum Gasteiger partial charge on any atom is -0.383 e. The molecule has 20 heavy (non-hydrogen) atoms. The molecule has 0 amide bonds. The molecule has 0 radical (unpaired) electrons. The third kappa shape index (κ3) is 2.08. The van der Waals surface area contributed by atoms with E-state index in [1.54, 1.807) is 7.11 Å². The molecule has 0 aliphatic rings. The number of aryl methyl sites for hydroxylation is 1. The molecular weight excluding hydrogens is 254 g/mol. The van der Waals surface area contributed by atoms with Gasteiger partial charge in [-0.25, -0.2) is 4.98 Å². The van der Waals surface area contributed by atoms with Crippen LogP contribution < -0.4 is 5.32 Å². The van der Waals surface area contributed by atoms with Crippen molar-refractivity contribution >= 4 is 22.5 Å². The lowest BCUT2D eigenvalue weighted by atomic mass is 10.3. The summed E-state index contributed by atoms with van der Waals surface area (Å²) in [6, 6.07) is 8.02. The lowest BCUT2D eigenvalue weighted by Crippen LogP contribution is -2.11. The molecule has 2 heterocycles. The van der Waals surface area contributed by atoms with Gasteiger partial charge in [-0.2, -0.15) is 0 Å². The fourth-order valence-electron chi connectivity index (χ4n) is 2.26. The number of benzene rings is 1. The van der Waals surface area contributed by atoms with E-state index >= 15 is 0 Å². The SMILES string of the molecule is CCc1nnc2c(NCCOC)nc3ccccc3n12. The average molecular weight is 271 g/mol. The summed E-state index contributed by atoms with van der Waals surface area (Å²) in [5.74, 6) is 1.68. The zero-order valence-corrected chi connectivity index (χ0v) is 11.6. The van der Waals surface area contributed by atoms with E-state index in [1.807, 2.05) is 24.3 Å². The van der Waals surface area contributed by atoms with Crippen LogP contribution in [-0.4, -0.2) is 39.8 Å². The Bertz CT molecular complexity index is 737. The van der Waals surface area contributed by atoms with Crippen LogP contribution in [0.2, 0.25) is 0 Å². The summed E-state index contributed by atoms with van der Waals surface area (Å²) in [4.78, 5) is 4.63. The van der Waals surface area contributed by atoms with Gasteiger partial charge >= 0.3 is 0 Å². The van der Waals surface area contributed by atoms with Crippen molar-refractivity contribution in [1.82, 2.24) is 19.6 Å². The number of nitrogens with zero attached hydrogens (tertiary/aromatic N) is 4. The van der Waals surface area contributed by atoms with Crippen LogP contribution in [0.1, 0.15) is 12.7 Å². The van der Waals surface area contributed by atoms with Gasteiger partial charge in [-0.15, -0.1) is 10.2 Å². The van der Waals surface area contributed by atoms with Gasteiger partial charge in [0.05, 0.1) is 17.6 Å². The Morgan fingerprint density at radius 3 is 2.90 bits per heavy atom.